The van der Waals surface area contributed by atoms with Gasteiger partial charge in [0.25, 0.3) is 0 Å². The summed E-state index contributed by atoms with van der Waals surface area (Å²) in [7, 11) is 0. The van der Waals surface area contributed by atoms with Gasteiger partial charge in [-0.25, -0.2) is 0 Å². The van der Waals surface area contributed by atoms with Crippen LogP contribution in [0.1, 0.15) is 0 Å². The van der Waals surface area contributed by atoms with E-state index in [0.717, 1.165) is 0 Å². The highest BCUT2D eigenvalue weighted by molar-refractivity contribution is 8.13. The van der Waals surface area contributed by atoms with Gasteiger partial charge in [-0.15, -0.1) is 11.8 Å². The lowest BCUT2D eigenvalue weighted by Gasteiger charge is -2.18. The zero-order valence-corrected chi connectivity index (χ0v) is 7.79. The quantitative estimate of drug-likeness (QED) is 0.518. The number of rotatable bonds is 0. The Balaban J connectivity index is 2.37. The Morgan fingerprint density at radius 2 is 2.00 bits per heavy atom. The molecule has 0 unspecified atom stereocenters. The first-order chi connectivity index (χ1) is 5.90. The average molecular weight is 177 g/mol. The molecule has 62 valence electrons. The van der Waals surface area contributed by atoms with Gasteiger partial charge in [-0.1, -0.05) is 36.5 Å². The fourth-order valence-electron chi connectivity index (χ4n) is 1.40. The maximum atomic E-state index is 4.58. The second-order valence-corrected chi connectivity index (χ2v) is 3.67. The third-order valence-corrected chi connectivity index (χ3v) is 2.82. The molecule has 0 aromatic rings. The molecular formula is C10H11NS. The van der Waals surface area contributed by atoms with Crippen molar-refractivity contribution in [2.24, 2.45) is 10.9 Å². The first kappa shape index (κ1) is 7.87. The molecule has 0 amide bonds. The molecule has 3 aliphatic rings. The molecule has 0 radical (unpaired) electrons. The Hall–Kier alpha value is -0.760. The van der Waals surface area contributed by atoms with Crippen LogP contribution < -0.4 is 0 Å². The molecule has 2 bridgehead atoms. The summed E-state index contributed by atoms with van der Waals surface area (Å²) < 4.78 is 0. The molecule has 12 heavy (non-hydrogen) atoms. The SMILES string of the molecule is CSC1=N[C@H]2C=CC=C[C@@H]1C=C2. The standard InChI is InChI=1S/C10H11NS/c1-12-10-8-4-2-3-5-9(11-10)7-6-8/h2-9H,1H3/t8-,9+/m1/s1. The van der Waals surface area contributed by atoms with Crippen molar-refractivity contribution < 1.29 is 0 Å². The van der Waals surface area contributed by atoms with Gasteiger partial charge < -0.3 is 0 Å². The minimum absolute atomic E-state index is 0.272. The van der Waals surface area contributed by atoms with Crippen molar-refractivity contribution in [2.75, 3.05) is 6.26 Å². The minimum Gasteiger partial charge on any atom is -0.270 e. The van der Waals surface area contributed by atoms with E-state index in [4.69, 9.17) is 0 Å². The lowest BCUT2D eigenvalue weighted by Crippen LogP contribution is -2.15. The number of nitrogens with zero attached hydrogens (tertiary/aromatic N) is 1. The number of thioether (sulfide) groups is 1. The third kappa shape index (κ3) is 1.39. The van der Waals surface area contributed by atoms with E-state index >= 15 is 0 Å². The highest BCUT2D eigenvalue weighted by Crippen LogP contribution is 2.22. The van der Waals surface area contributed by atoms with Crippen LogP contribution in [0.15, 0.2) is 41.4 Å². The molecule has 2 atom stereocenters. The Morgan fingerprint density at radius 1 is 1.17 bits per heavy atom. The second-order valence-electron chi connectivity index (χ2n) is 2.84. The summed E-state index contributed by atoms with van der Waals surface area (Å²) >= 11 is 1.75. The van der Waals surface area contributed by atoms with Crippen molar-refractivity contribution >= 4 is 16.8 Å². The van der Waals surface area contributed by atoms with Crippen molar-refractivity contribution in [1.29, 1.82) is 0 Å². The number of aliphatic imine (C=N–C) groups is 1. The van der Waals surface area contributed by atoms with Gasteiger partial charge in [0.1, 0.15) is 0 Å². The average Bonchev–Trinajstić information content (AvgIpc) is 2.05. The zero-order chi connectivity index (χ0) is 8.39. The van der Waals surface area contributed by atoms with E-state index in [1.807, 2.05) is 0 Å². The number of fused-ring (bicyclic) bond motifs is 1. The van der Waals surface area contributed by atoms with Gasteiger partial charge in [-0.3, -0.25) is 4.99 Å². The number of hydrogen-bond donors (Lipinski definition) is 0. The molecule has 2 heterocycles. The third-order valence-electron chi connectivity index (χ3n) is 2.02. The molecule has 0 aromatic heterocycles. The molecule has 1 nitrogen and oxygen atoms in total. The fourth-order valence-corrected chi connectivity index (χ4v) is 2.05. The first-order valence-corrected chi connectivity index (χ1v) is 5.27. The fraction of sp³-hybridized carbons (Fsp3) is 0.300. The maximum absolute atomic E-state index is 4.58. The van der Waals surface area contributed by atoms with E-state index in [1.54, 1.807) is 11.8 Å². The molecule has 0 aromatic carbocycles. The van der Waals surface area contributed by atoms with Crippen LogP contribution in [0.5, 0.6) is 0 Å². The lowest BCUT2D eigenvalue weighted by molar-refractivity contribution is 0.946. The van der Waals surface area contributed by atoms with E-state index in [-0.39, 0.29) is 6.04 Å². The van der Waals surface area contributed by atoms with Crippen molar-refractivity contribution in [1.82, 2.24) is 0 Å². The molecular weight excluding hydrogens is 166 g/mol. The molecule has 0 saturated heterocycles. The smallest absolute Gasteiger partial charge is 0.0874 e. The molecule has 0 saturated carbocycles. The topological polar surface area (TPSA) is 12.4 Å². The predicted molar refractivity (Wildman–Crippen MR) is 55.6 cm³/mol. The Morgan fingerprint density at radius 3 is 2.83 bits per heavy atom. The maximum Gasteiger partial charge on any atom is 0.0874 e. The summed E-state index contributed by atoms with van der Waals surface area (Å²) in [4.78, 5) is 4.58. The van der Waals surface area contributed by atoms with Crippen molar-refractivity contribution in [2.45, 2.75) is 6.04 Å². The van der Waals surface area contributed by atoms with E-state index in [1.165, 1.54) is 5.04 Å². The van der Waals surface area contributed by atoms with Gasteiger partial charge >= 0.3 is 0 Å². The molecule has 2 heteroatoms. The summed E-state index contributed by atoms with van der Waals surface area (Å²) in [6, 6.07) is 0.272. The Labute approximate surface area is 77.0 Å². The Kier molecular flexibility index (Phi) is 2.17. The van der Waals surface area contributed by atoms with Crippen LogP contribution in [0.3, 0.4) is 0 Å². The van der Waals surface area contributed by atoms with Crippen molar-refractivity contribution in [3.05, 3.63) is 36.5 Å². The van der Waals surface area contributed by atoms with Crippen LogP contribution in [0.4, 0.5) is 0 Å². The van der Waals surface area contributed by atoms with Crippen LogP contribution in [0.2, 0.25) is 0 Å². The number of hydrogen-bond acceptors (Lipinski definition) is 2. The van der Waals surface area contributed by atoms with E-state index in [0.29, 0.717) is 5.92 Å². The molecule has 0 fully saturated rings. The van der Waals surface area contributed by atoms with E-state index in [9.17, 15) is 0 Å². The normalized spacial score (nSPS) is 31.6. The number of allylic oxidation sites excluding steroid dienone is 4. The summed E-state index contributed by atoms with van der Waals surface area (Å²) in [6.45, 7) is 0. The summed E-state index contributed by atoms with van der Waals surface area (Å²) in [5.74, 6) is 0.418. The molecule has 0 N–H and O–H groups in total. The van der Waals surface area contributed by atoms with E-state index in [2.05, 4.69) is 47.7 Å². The molecule has 1 aliphatic carbocycles. The van der Waals surface area contributed by atoms with Crippen LogP contribution in [-0.2, 0) is 0 Å². The summed E-state index contributed by atoms with van der Waals surface area (Å²) in [5, 5.41) is 1.23. The monoisotopic (exact) mass is 177 g/mol. The van der Waals surface area contributed by atoms with Crippen LogP contribution in [0, 0.1) is 5.92 Å². The van der Waals surface area contributed by atoms with Gasteiger partial charge in [-0.2, -0.15) is 0 Å². The van der Waals surface area contributed by atoms with Crippen LogP contribution in [0.25, 0.3) is 0 Å². The Bertz CT molecular complexity index is 286. The largest absolute Gasteiger partial charge is 0.270 e. The van der Waals surface area contributed by atoms with Gasteiger partial charge in [0.15, 0.2) is 0 Å². The summed E-state index contributed by atoms with van der Waals surface area (Å²) in [5.41, 5.74) is 0. The number of dihydropyridines is 1. The first-order valence-electron chi connectivity index (χ1n) is 4.05. The van der Waals surface area contributed by atoms with Crippen LogP contribution in [-0.4, -0.2) is 17.3 Å². The van der Waals surface area contributed by atoms with Gasteiger partial charge in [0.05, 0.1) is 11.1 Å². The molecule has 2 aliphatic heterocycles. The van der Waals surface area contributed by atoms with Crippen molar-refractivity contribution in [3.63, 3.8) is 0 Å². The van der Waals surface area contributed by atoms with Crippen LogP contribution >= 0.6 is 11.8 Å². The highest BCUT2D eigenvalue weighted by atomic mass is 32.2. The second kappa shape index (κ2) is 3.31. The predicted octanol–water partition coefficient (Wildman–Crippen LogP) is 2.43. The lowest BCUT2D eigenvalue weighted by atomic mass is 10.0. The van der Waals surface area contributed by atoms with Gasteiger partial charge in [0.2, 0.25) is 0 Å². The zero-order valence-electron chi connectivity index (χ0n) is 6.97. The van der Waals surface area contributed by atoms with Crippen molar-refractivity contribution in [3.8, 4) is 0 Å². The minimum atomic E-state index is 0.272. The van der Waals surface area contributed by atoms with E-state index < -0.39 is 0 Å². The van der Waals surface area contributed by atoms with Gasteiger partial charge in [0, 0.05) is 5.92 Å². The molecule has 3 rings (SSSR count). The highest BCUT2D eigenvalue weighted by Gasteiger charge is 2.15. The summed E-state index contributed by atoms with van der Waals surface area (Å²) in [6.07, 6.45) is 14.9. The molecule has 0 spiro atoms. The van der Waals surface area contributed by atoms with Gasteiger partial charge in [-0.05, 0) is 6.26 Å².